The van der Waals surface area contributed by atoms with Crippen LogP contribution < -0.4 is 5.32 Å². The van der Waals surface area contributed by atoms with Crippen LogP contribution in [0.4, 0.5) is 0 Å². The van der Waals surface area contributed by atoms with E-state index in [9.17, 15) is 4.79 Å². The molecule has 1 amide bonds. The topological polar surface area (TPSA) is 35.6 Å². The number of carbonyl (C=O) groups is 1. The van der Waals surface area contributed by atoms with Crippen molar-refractivity contribution in [2.45, 2.75) is 25.4 Å². The van der Waals surface area contributed by atoms with E-state index in [0.717, 1.165) is 30.4 Å². The van der Waals surface area contributed by atoms with Gasteiger partial charge in [-0.1, -0.05) is 0 Å². The molecule has 4 nitrogen and oxygen atoms in total. The van der Waals surface area contributed by atoms with E-state index in [4.69, 9.17) is 0 Å². The van der Waals surface area contributed by atoms with Crippen molar-refractivity contribution < 1.29 is 4.79 Å². The molecular formula is C13H16BrN3O. The largest absolute Gasteiger partial charge is 0.356 e. The number of hydrogen-bond acceptors (Lipinski definition) is 3. The Hall–Kier alpha value is -1.23. The van der Waals surface area contributed by atoms with Gasteiger partial charge in [0.1, 0.15) is 11.9 Å². The summed E-state index contributed by atoms with van der Waals surface area (Å²) in [4.78, 5) is 16.3. The van der Waals surface area contributed by atoms with E-state index in [1.807, 2.05) is 34.4 Å². The molecule has 1 N–H and O–H groups in total. The molecule has 3 aliphatic heterocycles. The van der Waals surface area contributed by atoms with Gasteiger partial charge in [-0.3, -0.25) is 4.79 Å². The first-order valence-electron chi connectivity index (χ1n) is 6.35. The third-order valence-electron chi connectivity index (χ3n) is 3.49. The van der Waals surface area contributed by atoms with Crippen molar-refractivity contribution in [3.63, 3.8) is 0 Å². The molecule has 0 aromatic heterocycles. The minimum absolute atomic E-state index is 0.0787. The highest BCUT2D eigenvalue weighted by molar-refractivity contribution is 9.11. The molecule has 5 heteroatoms. The summed E-state index contributed by atoms with van der Waals surface area (Å²) < 4.78 is 1.02. The molecule has 0 saturated carbocycles. The van der Waals surface area contributed by atoms with Crippen LogP contribution in [0.5, 0.6) is 0 Å². The molecule has 0 aliphatic carbocycles. The van der Waals surface area contributed by atoms with Crippen molar-refractivity contribution in [2.75, 3.05) is 13.1 Å². The minimum atomic E-state index is 0.0787. The van der Waals surface area contributed by atoms with Crippen molar-refractivity contribution in [3.8, 4) is 0 Å². The molecular weight excluding hydrogens is 294 g/mol. The Labute approximate surface area is 115 Å². The monoisotopic (exact) mass is 309 g/mol. The molecule has 3 rings (SSSR count). The number of allylic oxidation sites excluding steroid dienone is 2. The summed E-state index contributed by atoms with van der Waals surface area (Å²) >= 11 is 3.44. The molecule has 1 unspecified atom stereocenters. The zero-order valence-corrected chi connectivity index (χ0v) is 11.7. The summed E-state index contributed by atoms with van der Waals surface area (Å²) in [6.07, 6.45) is 11.5. The van der Waals surface area contributed by atoms with Crippen molar-refractivity contribution in [3.05, 3.63) is 34.7 Å². The van der Waals surface area contributed by atoms with Crippen LogP contribution in [0.2, 0.25) is 0 Å². The second-order valence-electron chi connectivity index (χ2n) is 4.81. The van der Waals surface area contributed by atoms with Gasteiger partial charge in [0, 0.05) is 30.0 Å². The molecule has 96 valence electrons. The molecule has 1 atom stereocenters. The van der Waals surface area contributed by atoms with Gasteiger partial charge in [-0.05, 0) is 47.3 Å². The highest BCUT2D eigenvalue weighted by atomic mass is 79.9. The van der Waals surface area contributed by atoms with Crippen LogP contribution >= 0.6 is 15.9 Å². The average Bonchev–Trinajstić information content (AvgIpc) is 2.81. The number of nitrogens with zero attached hydrogens (tertiary/aromatic N) is 2. The van der Waals surface area contributed by atoms with Gasteiger partial charge in [0.25, 0.3) is 5.91 Å². The predicted molar refractivity (Wildman–Crippen MR) is 73.4 cm³/mol. The number of rotatable bonds is 1. The highest BCUT2D eigenvalue weighted by Crippen LogP contribution is 2.23. The van der Waals surface area contributed by atoms with E-state index in [1.165, 1.54) is 6.42 Å². The molecule has 1 saturated heterocycles. The Morgan fingerprint density at radius 3 is 2.83 bits per heavy atom. The lowest BCUT2D eigenvalue weighted by molar-refractivity contribution is -0.128. The van der Waals surface area contributed by atoms with Gasteiger partial charge >= 0.3 is 0 Å². The van der Waals surface area contributed by atoms with Crippen LogP contribution in [0.15, 0.2) is 34.7 Å². The van der Waals surface area contributed by atoms with Gasteiger partial charge in [-0.25, -0.2) is 0 Å². The van der Waals surface area contributed by atoms with Crippen molar-refractivity contribution >= 4 is 21.8 Å². The lowest BCUT2D eigenvalue weighted by atomic mass is 10.1. The average molecular weight is 310 g/mol. The quantitative estimate of drug-likeness (QED) is 0.803. The van der Waals surface area contributed by atoms with Crippen LogP contribution in [0.3, 0.4) is 0 Å². The molecule has 18 heavy (non-hydrogen) atoms. The molecule has 3 aliphatic rings. The number of fused-ring (bicyclic) bond motifs is 1. The van der Waals surface area contributed by atoms with Crippen LogP contribution in [0.1, 0.15) is 19.3 Å². The van der Waals surface area contributed by atoms with Gasteiger partial charge in [0.05, 0.1) is 0 Å². The van der Waals surface area contributed by atoms with Gasteiger partial charge in [0.15, 0.2) is 0 Å². The number of piperidine rings is 1. The Morgan fingerprint density at radius 1 is 1.28 bits per heavy atom. The first-order valence-corrected chi connectivity index (χ1v) is 7.14. The molecule has 1 fully saturated rings. The maximum atomic E-state index is 12.3. The zero-order valence-electron chi connectivity index (χ0n) is 10.1. The number of carbonyl (C=O) groups excluding carboxylic acids is 1. The number of nitrogens with one attached hydrogen (secondary N) is 1. The molecule has 0 bridgehead atoms. The zero-order chi connectivity index (χ0) is 12.5. The highest BCUT2D eigenvalue weighted by Gasteiger charge is 2.29. The summed E-state index contributed by atoms with van der Waals surface area (Å²) in [7, 11) is 0. The number of likely N-dealkylation sites (tertiary alicyclic amines) is 1. The molecule has 3 heterocycles. The van der Waals surface area contributed by atoms with E-state index < -0.39 is 0 Å². The molecule has 0 radical (unpaired) electrons. The standard InChI is InChI=1S/C13H16BrN3O/c14-10-4-5-12-15-11(9-17(12)8-10)13(18)16-6-2-1-3-7-16/h4-5,8-9,12,15H,1-3,6-7H2. The summed E-state index contributed by atoms with van der Waals surface area (Å²) in [5, 5.41) is 3.25. The number of hydrogen-bond donors (Lipinski definition) is 1. The first-order chi connectivity index (χ1) is 8.74. The fourth-order valence-electron chi connectivity index (χ4n) is 2.52. The van der Waals surface area contributed by atoms with Crippen LogP contribution in [-0.4, -0.2) is 35.0 Å². The maximum absolute atomic E-state index is 12.3. The lowest BCUT2D eigenvalue weighted by Crippen LogP contribution is -2.40. The van der Waals surface area contributed by atoms with Gasteiger partial charge in [-0.2, -0.15) is 0 Å². The van der Waals surface area contributed by atoms with Gasteiger partial charge in [-0.15, -0.1) is 0 Å². The lowest BCUT2D eigenvalue weighted by Gasteiger charge is -2.27. The van der Waals surface area contributed by atoms with Gasteiger partial charge < -0.3 is 15.1 Å². The van der Waals surface area contributed by atoms with Crippen molar-refractivity contribution in [1.82, 2.24) is 15.1 Å². The summed E-state index contributed by atoms with van der Waals surface area (Å²) in [6.45, 7) is 1.77. The SMILES string of the molecule is O=C(C1=CN2C=C(Br)C=CC2N1)N1CCCCC1. The summed E-state index contributed by atoms with van der Waals surface area (Å²) in [5.74, 6) is 0.127. The Balaban J connectivity index is 1.72. The van der Waals surface area contributed by atoms with Crippen LogP contribution in [-0.2, 0) is 4.79 Å². The number of amides is 1. The third-order valence-corrected chi connectivity index (χ3v) is 3.96. The predicted octanol–water partition coefficient (Wildman–Crippen LogP) is 1.88. The summed E-state index contributed by atoms with van der Waals surface area (Å²) in [5.41, 5.74) is 0.699. The fraction of sp³-hybridized carbons (Fsp3) is 0.462. The Kier molecular flexibility index (Phi) is 3.16. The second-order valence-corrected chi connectivity index (χ2v) is 5.72. The Morgan fingerprint density at radius 2 is 2.06 bits per heavy atom. The van der Waals surface area contributed by atoms with Crippen molar-refractivity contribution in [1.29, 1.82) is 0 Å². The number of halogens is 1. The van der Waals surface area contributed by atoms with Crippen LogP contribution in [0.25, 0.3) is 0 Å². The molecule has 0 aromatic rings. The van der Waals surface area contributed by atoms with E-state index in [2.05, 4.69) is 21.2 Å². The van der Waals surface area contributed by atoms with Crippen molar-refractivity contribution in [2.24, 2.45) is 0 Å². The van der Waals surface area contributed by atoms with E-state index >= 15 is 0 Å². The normalized spacial score (nSPS) is 26.4. The second kappa shape index (κ2) is 4.80. The van der Waals surface area contributed by atoms with E-state index in [1.54, 1.807) is 0 Å². The molecule has 0 spiro atoms. The maximum Gasteiger partial charge on any atom is 0.271 e. The van der Waals surface area contributed by atoms with Gasteiger partial charge in [0.2, 0.25) is 0 Å². The Bertz CT molecular complexity index is 449. The smallest absolute Gasteiger partial charge is 0.271 e. The minimum Gasteiger partial charge on any atom is -0.356 e. The van der Waals surface area contributed by atoms with E-state index in [0.29, 0.717) is 5.70 Å². The fourth-order valence-corrected chi connectivity index (χ4v) is 2.91. The van der Waals surface area contributed by atoms with Crippen LogP contribution in [0, 0.1) is 0 Å². The first kappa shape index (κ1) is 11.8. The van der Waals surface area contributed by atoms with E-state index in [-0.39, 0.29) is 12.1 Å². The third kappa shape index (κ3) is 2.19. The summed E-state index contributed by atoms with van der Waals surface area (Å²) in [6, 6.07) is 0. The molecule has 0 aromatic carbocycles.